The average molecular weight is 276 g/mol. The Bertz CT molecular complexity index is 433. The number of rotatable bonds is 5. The van der Waals surface area contributed by atoms with E-state index in [-0.39, 0.29) is 12.0 Å². The monoisotopic (exact) mass is 276 g/mol. The minimum absolute atomic E-state index is 0.141. The number of benzene rings is 1. The quantitative estimate of drug-likeness (QED) is 0.769. The molecule has 0 aliphatic carbocycles. The van der Waals surface area contributed by atoms with E-state index >= 15 is 0 Å². The molecule has 0 amide bonds. The van der Waals surface area contributed by atoms with Crippen LogP contribution in [0.25, 0.3) is 0 Å². The molecule has 110 valence electrons. The van der Waals surface area contributed by atoms with E-state index in [1.165, 1.54) is 0 Å². The minimum Gasteiger partial charge on any atom is -0.465 e. The zero-order valence-corrected chi connectivity index (χ0v) is 12.6. The van der Waals surface area contributed by atoms with Gasteiger partial charge in [-0.1, -0.05) is 30.3 Å². The number of likely N-dealkylation sites (tertiary alicyclic amines) is 1. The average Bonchev–Trinajstić information content (AvgIpc) is 2.90. The Morgan fingerprint density at radius 1 is 1.40 bits per heavy atom. The Morgan fingerprint density at radius 2 is 2.10 bits per heavy atom. The van der Waals surface area contributed by atoms with Gasteiger partial charge in [-0.25, -0.2) is 4.79 Å². The lowest BCUT2D eigenvalue weighted by Crippen LogP contribution is -2.37. The number of hydrogen-bond donors (Lipinski definition) is 0. The van der Waals surface area contributed by atoms with Crippen LogP contribution >= 0.6 is 0 Å². The molecule has 20 heavy (non-hydrogen) atoms. The summed E-state index contributed by atoms with van der Waals surface area (Å²) in [4.78, 5) is 16.8. The van der Waals surface area contributed by atoms with Gasteiger partial charge in [-0.15, -0.1) is 0 Å². The van der Waals surface area contributed by atoms with Gasteiger partial charge in [-0.3, -0.25) is 4.90 Å². The first kappa shape index (κ1) is 15.0. The topological polar surface area (TPSA) is 32.8 Å². The van der Waals surface area contributed by atoms with Crippen molar-refractivity contribution in [2.24, 2.45) is 0 Å². The Balaban J connectivity index is 2.18. The van der Waals surface area contributed by atoms with Gasteiger partial charge in [0.15, 0.2) is 0 Å². The third-order valence-corrected chi connectivity index (χ3v) is 3.92. The second-order valence-corrected chi connectivity index (χ2v) is 5.47. The summed E-state index contributed by atoms with van der Waals surface area (Å²) in [5.41, 5.74) is 1.02. The van der Waals surface area contributed by atoms with E-state index in [1.807, 2.05) is 37.3 Å². The SMILES string of the molecule is CCOC(=O)C(c1ccccc1)N1CCC(N(C)C)C1. The molecule has 1 aromatic rings. The first-order valence-corrected chi connectivity index (χ1v) is 7.25. The molecule has 1 saturated heterocycles. The van der Waals surface area contributed by atoms with Gasteiger partial charge in [0.1, 0.15) is 6.04 Å². The molecule has 0 saturated carbocycles. The van der Waals surface area contributed by atoms with Crippen molar-refractivity contribution in [1.29, 1.82) is 0 Å². The Labute approximate surface area is 121 Å². The summed E-state index contributed by atoms with van der Waals surface area (Å²) in [6, 6.07) is 10.2. The Hall–Kier alpha value is -1.39. The predicted molar refractivity (Wildman–Crippen MR) is 79.5 cm³/mol. The standard InChI is InChI=1S/C16H24N2O2/c1-4-20-16(19)15(13-8-6-5-7-9-13)18-11-10-14(12-18)17(2)3/h5-9,14-15H,4,10-12H2,1-3H3. The normalized spacial score (nSPS) is 21.1. The lowest BCUT2D eigenvalue weighted by molar-refractivity contribution is -0.149. The maximum Gasteiger partial charge on any atom is 0.328 e. The molecule has 1 heterocycles. The first-order chi connectivity index (χ1) is 9.63. The summed E-state index contributed by atoms with van der Waals surface area (Å²) in [6.07, 6.45) is 1.09. The smallest absolute Gasteiger partial charge is 0.328 e. The first-order valence-electron chi connectivity index (χ1n) is 7.25. The maximum absolute atomic E-state index is 12.3. The third-order valence-electron chi connectivity index (χ3n) is 3.92. The fraction of sp³-hybridized carbons (Fsp3) is 0.562. The van der Waals surface area contributed by atoms with Crippen molar-refractivity contribution in [2.45, 2.75) is 25.4 Å². The third kappa shape index (κ3) is 3.38. The van der Waals surface area contributed by atoms with Crippen LogP contribution in [0.4, 0.5) is 0 Å². The number of likely N-dealkylation sites (N-methyl/N-ethyl adjacent to an activating group) is 1. The molecule has 1 aliphatic rings. The minimum atomic E-state index is -0.277. The summed E-state index contributed by atoms with van der Waals surface area (Å²) >= 11 is 0. The van der Waals surface area contributed by atoms with Crippen molar-refractivity contribution in [3.63, 3.8) is 0 Å². The highest BCUT2D eigenvalue weighted by Gasteiger charge is 2.34. The molecule has 1 aromatic carbocycles. The fourth-order valence-electron chi connectivity index (χ4n) is 2.78. The van der Waals surface area contributed by atoms with E-state index in [1.54, 1.807) is 0 Å². The Kier molecular flexibility index (Phi) is 5.15. The van der Waals surface area contributed by atoms with Gasteiger partial charge >= 0.3 is 5.97 Å². The molecule has 0 spiro atoms. The van der Waals surface area contributed by atoms with Crippen molar-refractivity contribution in [1.82, 2.24) is 9.80 Å². The fourth-order valence-corrected chi connectivity index (χ4v) is 2.78. The molecule has 1 aliphatic heterocycles. The molecule has 0 N–H and O–H groups in total. The highest BCUT2D eigenvalue weighted by atomic mass is 16.5. The van der Waals surface area contributed by atoms with Crippen LogP contribution in [-0.2, 0) is 9.53 Å². The van der Waals surface area contributed by atoms with Crippen molar-refractivity contribution in [2.75, 3.05) is 33.8 Å². The summed E-state index contributed by atoms with van der Waals surface area (Å²) in [6.45, 7) is 4.12. The summed E-state index contributed by atoms with van der Waals surface area (Å²) < 4.78 is 5.27. The number of nitrogens with zero attached hydrogens (tertiary/aromatic N) is 2. The second kappa shape index (κ2) is 6.86. The largest absolute Gasteiger partial charge is 0.465 e. The van der Waals surface area contributed by atoms with Crippen molar-refractivity contribution < 1.29 is 9.53 Å². The summed E-state index contributed by atoms with van der Waals surface area (Å²) in [5.74, 6) is -0.141. The van der Waals surface area contributed by atoms with Crippen LogP contribution < -0.4 is 0 Å². The maximum atomic E-state index is 12.3. The van der Waals surface area contributed by atoms with E-state index in [0.29, 0.717) is 12.6 Å². The predicted octanol–water partition coefficient (Wildman–Crippen LogP) is 1.93. The van der Waals surface area contributed by atoms with E-state index in [0.717, 1.165) is 25.1 Å². The van der Waals surface area contributed by atoms with Gasteiger partial charge in [0, 0.05) is 19.1 Å². The lowest BCUT2D eigenvalue weighted by atomic mass is 10.1. The molecule has 0 radical (unpaired) electrons. The highest BCUT2D eigenvalue weighted by molar-refractivity contribution is 5.77. The van der Waals surface area contributed by atoms with Crippen LogP contribution in [-0.4, -0.2) is 55.6 Å². The molecule has 2 rings (SSSR count). The molecule has 4 heteroatoms. The molecule has 1 fully saturated rings. The number of esters is 1. The zero-order chi connectivity index (χ0) is 14.5. The van der Waals surface area contributed by atoms with Crippen molar-refractivity contribution in [3.8, 4) is 0 Å². The van der Waals surface area contributed by atoms with Gasteiger partial charge in [0.25, 0.3) is 0 Å². The summed E-state index contributed by atoms with van der Waals surface area (Å²) in [7, 11) is 4.19. The molecule has 4 nitrogen and oxygen atoms in total. The van der Waals surface area contributed by atoms with E-state index in [4.69, 9.17) is 4.74 Å². The van der Waals surface area contributed by atoms with E-state index in [2.05, 4.69) is 23.9 Å². The van der Waals surface area contributed by atoms with E-state index in [9.17, 15) is 4.79 Å². The van der Waals surface area contributed by atoms with Crippen LogP contribution in [0.3, 0.4) is 0 Å². The number of hydrogen-bond acceptors (Lipinski definition) is 4. The van der Waals surface area contributed by atoms with Gasteiger partial charge in [0.2, 0.25) is 0 Å². The number of carbonyl (C=O) groups excluding carboxylic acids is 1. The van der Waals surface area contributed by atoms with E-state index < -0.39 is 0 Å². The Morgan fingerprint density at radius 3 is 2.65 bits per heavy atom. The zero-order valence-electron chi connectivity index (χ0n) is 12.6. The van der Waals surface area contributed by atoms with Gasteiger partial charge in [-0.2, -0.15) is 0 Å². The second-order valence-electron chi connectivity index (χ2n) is 5.47. The lowest BCUT2D eigenvalue weighted by Gasteiger charge is -2.27. The molecular formula is C16H24N2O2. The van der Waals surface area contributed by atoms with Crippen LogP contribution in [0.1, 0.15) is 24.9 Å². The van der Waals surface area contributed by atoms with Gasteiger partial charge in [-0.05, 0) is 33.0 Å². The van der Waals surface area contributed by atoms with Crippen molar-refractivity contribution in [3.05, 3.63) is 35.9 Å². The van der Waals surface area contributed by atoms with Crippen LogP contribution in [0, 0.1) is 0 Å². The molecule has 0 aromatic heterocycles. The molecular weight excluding hydrogens is 252 g/mol. The van der Waals surface area contributed by atoms with Crippen LogP contribution in [0.2, 0.25) is 0 Å². The van der Waals surface area contributed by atoms with Crippen LogP contribution in [0.15, 0.2) is 30.3 Å². The van der Waals surface area contributed by atoms with Crippen molar-refractivity contribution >= 4 is 5.97 Å². The molecule has 2 unspecified atom stereocenters. The molecule has 0 bridgehead atoms. The summed E-state index contributed by atoms with van der Waals surface area (Å²) in [5, 5.41) is 0. The van der Waals surface area contributed by atoms with Gasteiger partial charge < -0.3 is 9.64 Å². The van der Waals surface area contributed by atoms with Crippen LogP contribution in [0.5, 0.6) is 0 Å². The number of carbonyl (C=O) groups is 1. The number of ether oxygens (including phenoxy) is 1. The molecule has 2 atom stereocenters. The van der Waals surface area contributed by atoms with Gasteiger partial charge in [0.05, 0.1) is 6.61 Å². The highest BCUT2D eigenvalue weighted by Crippen LogP contribution is 2.27.